The summed E-state index contributed by atoms with van der Waals surface area (Å²) in [7, 11) is 0. The number of nitrogens with zero attached hydrogens (tertiary/aromatic N) is 2. The first-order chi connectivity index (χ1) is 25.0. The fourth-order valence-electron chi connectivity index (χ4n) is 10.5. The zero-order chi connectivity index (χ0) is 35.5. The molecule has 1 aromatic heterocycles. The Labute approximate surface area is 311 Å². The lowest BCUT2D eigenvalue weighted by molar-refractivity contribution is 0.332. The first kappa shape index (κ1) is 30.8. The zero-order valence-electron chi connectivity index (χ0n) is 31.2. The molecular formula is C48H43BN2S. The van der Waals surface area contributed by atoms with E-state index in [1.54, 1.807) is 0 Å². The van der Waals surface area contributed by atoms with Gasteiger partial charge in [0.15, 0.2) is 0 Å². The molecule has 7 aromatic rings. The van der Waals surface area contributed by atoms with Crippen LogP contribution in [0.2, 0.25) is 0 Å². The van der Waals surface area contributed by atoms with Gasteiger partial charge in [0.05, 0.1) is 5.69 Å². The third kappa shape index (κ3) is 3.81. The van der Waals surface area contributed by atoms with Crippen molar-refractivity contribution in [1.82, 2.24) is 0 Å². The second kappa shape index (κ2) is 9.99. The van der Waals surface area contributed by atoms with Gasteiger partial charge >= 0.3 is 6.85 Å². The molecule has 0 atom stereocenters. The summed E-state index contributed by atoms with van der Waals surface area (Å²) in [5.41, 5.74) is 19.3. The van der Waals surface area contributed by atoms with Crippen molar-refractivity contribution in [1.29, 1.82) is 0 Å². The quantitative estimate of drug-likeness (QED) is 0.158. The topological polar surface area (TPSA) is 6.48 Å². The number of para-hydroxylation sites is 2. The molecule has 4 aliphatic rings. The molecule has 0 unspecified atom stereocenters. The van der Waals surface area contributed by atoms with Crippen LogP contribution in [-0.4, -0.2) is 6.85 Å². The minimum atomic E-state index is -0.134. The Hall–Kier alpha value is -4.80. The number of aryl methyl sites for hydroxylation is 1. The van der Waals surface area contributed by atoms with E-state index in [9.17, 15) is 0 Å². The lowest BCUT2D eigenvalue weighted by atomic mass is 9.42. The Balaban J connectivity index is 1.29. The van der Waals surface area contributed by atoms with Crippen molar-refractivity contribution in [2.45, 2.75) is 77.6 Å². The van der Waals surface area contributed by atoms with Crippen molar-refractivity contribution in [2.75, 3.05) is 9.71 Å². The standard InChI is InChI=1S/C48H43BN2S/c1-28-25-32-42-39(22-20-31-30-13-8-11-18-41(30)52-45(31)42)51(29-19-21-33-36(27-29)47(4,5)24-23-46(33,2)3)49-37-16-12-15-35-44(37)50(40(26-28)43(32)49)38-17-10-9-14-34(38)48(35,6)7/h8-22,25-27H,23-24H2,1-7H3. The number of benzene rings is 6. The summed E-state index contributed by atoms with van der Waals surface area (Å²) >= 11 is 1.95. The molecule has 2 nitrogen and oxygen atoms in total. The summed E-state index contributed by atoms with van der Waals surface area (Å²) < 4.78 is 2.73. The highest BCUT2D eigenvalue weighted by molar-refractivity contribution is 7.26. The van der Waals surface area contributed by atoms with E-state index in [1.165, 1.54) is 111 Å². The SMILES string of the molecule is Cc1cc2c3c(c1)N1c4ccccc4C(C)(C)c4cccc(c41)B3N(c1ccc3c(c1)C(C)(C)CCC3(C)C)c1ccc3c(sc4ccccc43)c1-2. The summed E-state index contributed by atoms with van der Waals surface area (Å²) in [4.78, 5) is 5.36. The second-order valence-electron chi connectivity index (χ2n) is 17.7. The fourth-order valence-corrected chi connectivity index (χ4v) is 11.8. The maximum Gasteiger partial charge on any atom is 0.333 e. The Bertz CT molecular complexity index is 2710. The Morgan fingerprint density at radius 3 is 2.21 bits per heavy atom. The number of anilines is 5. The molecule has 4 heterocycles. The van der Waals surface area contributed by atoms with Gasteiger partial charge in [-0.05, 0) is 111 Å². The smallest absolute Gasteiger partial charge is 0.333 e. The Morgan fingerprint density at radius 2 is 1.37 bits per heavy atom. The second-order valence-corrected chi connectivity index (χ2v) is 18.7. The summed E-state index contributed by atoms with van der Waals surface area (Å²) in [6.45, 7) is 16.9. The van der Waals surface area contributed by atoms with Gasteiger partial charge in [0, 0.05) is 53.9 Å². The van der Waals surface area contributed by atoms with Crippen molar-refractivity contribution in [2.24, 2.45) is 0 Å². The predicted molar refractivity (Wildman–Crippen MR) is 225 cm³/mol. The van der Waals surface area contributed by atoms with Crippen LogP contribution in [0.5, 0.6) is 0 Å². The van der Waals surface area contributed by atoms with Crippen molar-refractivity contribution < 1.29 is 0 Å². The van der Waals surface area contributed by atoms with E-state index < -0.39 is 0 Å². The molecule has 6 aromatic carbocycles. The molecule has 0 radical (unpaired) electrons. The molecule has 52 heavy (non-hydrogen) atoms. The van der Waals surface area contributed by atoms with Gasteiger partial charge in [-0.1, -0.05) is 114 Å². The van der Waals surface area contributed by atoms with E-state index in [-0.39, 0.29) is 23.1 Å². The lowest BCUT2D eigenvalue weighted by Crippen LogP contribution is -2.62. The molecule has 0 fully saturated rings. The van der Waals surface area contributed by atoms with Crippen LogP contribution in [0, 0.1) is 6.92 Å². The molecule has 0 N–H and O–H groups in total. The molecule has 0 saturated heterocycles. The molecule has 254 valence electrons. The van der Waals surface area contributed by atoms with Gasteiger partial charge in [-0.25, -0.2) is 0 Å². The highest BCUT2D eigenvalue weighted by Crippen LogP contribution is 2.57. The Morgan fingerprint density at radius 1 is 0.615 bits per heavy atom. The molecule has 0 saturated carbocycles. The predicted octanol–water partition coefficient (Wildman–Crippen LogP) is 12.1. The number of fused-ring (bicyclic) bond motifs is 11. The third-order valence-corrected chi connectivity index (χ3v) is 14.5. The number of hydrogen-bond donors (Lipinski definition) is 0. The minimum Gasteiger partial charge on any atom is -0.376 e. The maximum atomic E-state index is 2.73. The van der Waals surface area contributed by atoms with Gasteiger partial charge in [0.2, 0.25) is 0 Å². The van der Waals surface area contributed by atoms with Crippen molar-refractivity contribution in [3.63, 3.8) is 0 Å². The molecule has 0 bridgehead atoms. The van der Waals surface area contributed by atoms with Gasteiger partial charge in [-0.2, -0.15) is 0 Å². The Kier molecular flexibility index (Phi) is 5.92. The van der Waals surface area contributed by atoms with Crippen LogP contribution in [0.1, 0.15) is 82.2 Å². The largest absolute Gasteiger partial charge is 0.376 e. The normalized spacial score (nSPS) is 18.1. The molecule has 4 heteroatoms. The summed E-state index contributed by atoms with van der Waals surface area (Å²) in [6.07, 6.45) is 2.41. The van der Waals surface area contributed by atoms with Crippen molar-refractivity contribution >= 4 is 77.7 Å². The van der Waals surface area contributed by atoms with Gasteiger partial charge in [0.25, 0.3) is 0 Å². The van der Waals surface area contributed by atoms with Gasteiger partial charge in [0.1, 0.15) is 0 Å². The summed E-state index contributed by atoms with van der Waals surface area (Å²) in [5, 5.41) is 2.70. The van der Waals surface area contributed by atoms with Crippen LogP contribution in [0.4, 0.5) is 28.4 Å². The van der Waals surface area contributed by atoms with Crippen molar-refractivity contribution in [3.05, 3.63) is 137 Å². The molecule has 0 spiro atoms. The summed E-state index contributed by atoms with van der Waals surface area (Å²) in [6, 6.07) is 42.5. The van der Waals surface area contributed by atoms with Crippen molar-refractivity contribution in [3.8, 4) is 11.1 Å². The van der Waals surface area contributed by atoms with Gasteiger partial charge < -0.3 is 9.71 Å². The maximum absolute atomic E-state index is 2.73. The van der Waals surface area contributed by atoms with E-state index in [1.807, 2.05) is 11.3 Å². The first-order valence-electron chi connectivity index (χ1n) is 19.0. The third-order valence-electron chi connectivity index (χ3n) is 13.3. The summed E-state index contributed by atoms with van der Waals surface area (Å²) in [5.74, 6) is 0. The van der Waals surface area contributed by atoms with E-state index in [0.717, 1.165) is 0 Å². The van der Waals surface area contributed by atoms with Crippen LogP contribution in [0.3, 0.4) is 0 Å². The number of hydrogen-bond acceptors (Lipinski definition) is 3. The highest BCUT2D eigenvalue weighted by atomic mass is 32.1. The fraction of sp³-hybridized carbons (Fsp3) is 0.250. The first-order valence-corrected chi connectivity index (χ1v) is 19.8. The van der Waals surface area contributed by atoms with Gasteiger partial charge in [-0.15, -0.1) is 11.3 Å². The van der Waals surface area contributed by atoms with Crippen LogP contribution in [-0.2, 0) is 16.2 Å². The van der Waals surface area contributed by atoms with E-state index in [4.69, 9.17) is 0 Å². The average molecular weight is 691 g/mol. The molecule has 3 aliphatic heterocycles. The molecule has 11 rings (SSSR count). The highest BCUT2D eigenvalue weighted by Gasteiger charge is 2.50. The van der Waals surface area contributed by atoms with Crippen LogP contribution >= 0.6 is 11.3 Å². The number of thiophene rings is 1. The molecule has 0 amide bonds. The van der Waals surface area contributed by atoms with Crippen LogP contribution < -0.4 is 20.6 Å². The van der Waals surface area contributed by atoms with Crippen LogP contribution in [0.25, 0.3) is 31.3 Å². The molecule has 1 aliphatic carbocycles. The average Bonchev–Trinajstić information content (AvgIpc) is 3.51. The molecular weight excluding hydrogens is 647 g/mol. The zero-order valence-corrected chi connectivity index (χ0v) is 32.0. The van der Waals surface area contributed by atoms with Crippen LogP contribution in [0.15, 0.2) is 109 Å². The monoisotopic (exact) mass is 690 g/mol. The minimum absolute atomic E-state index is 0.0231. The van der Waals surface area contributed by atoms with Gasteiger partial charge in [-0.3, -0.25) is 0 Å². The van der Waals surface area contributed by atoms with E-state index >= 15 is 0 Å². The number of rotatable bonds is 1. The van der Waals surface area contributed by atoms with E-state index in [2.05, 4.69) is 167 Å². The van der Waals surface area contributed by atoms with E-state index in [0.29, 0.717) is 0 Å². The lowest BCUT2D eigenvalue weighted by Gasteiger charge is -2.50.